The molecule has 0 bridgehead atoms. The molecule has 0 saturated carbocycles. The van der Waals surface area contributed by atoms with Crippen LogP contribution in [-0.4, -0.2) is 43.0 Å². The first-order chi connectivity index (χ1) is 18.4. The molecule has 2 aromatic carbocycles. The van der Waals surface area contributed by atoms with Crippen LogP contribution in [0, 0.1) is 19.7 Å². The van der Waals surface area contributed by atoms with E-state index in [1.54, 1.807) is 65.0 Å². The molecule has 0 unspecified atom stereocenters. The highest BCUT2D eigenvalue weighted by molar-refractivity contribution is 5.98. The number of esters is 1. The molecule has 10 nitrogen and oxygen atoms in total. The van der Waals surface area contributed by atoms with E-state index in [1.807, 2.05) is 0 Å². The summed E-state index contributed by atoms with van der Waals surface area (Å²) in [5.41, 5.74) is 2.57. The van der Waals surface area contributed by atoms with Crippen molar-refractivity contribution in [2.24, 2.45) is 0 Å². The smallest absolute Gasteiger partial charge is 0.338 e. The van der Waals surface area contributed by atoms with Crippen LogP contribution in [0.5, 0.6) is 0 Å². The van der Waals surface area contributed by atoms with Crippen molar-refractivity contribution in [1.82, 2.24) is 30.2 Å². The molecule has 0 spiro atoms. The lowest BCUT2D eigenvalue weighted by Gasteiger charge is -2.20. The van der Waals surface area contributed by atoms with Crippen LogP contribution < -0.4 is 10.6 Å². The average Bonchev–Trinajstić information content (AvgIpc) is 3.35. The van der Waals surface area contributed by atoms with Crippen LogP contribution in [0.2, 0.25) is 0 Å². The second-order valence-corrected chi connectivity index (χ2v) is 10.1. The zero-order chi connectivity index (χ0) is 28.3. The van der Waals surface area contributed by atoms with E-state index >= 15 is 0 Å². The fraction of sp³-hybridized carbons (Fsp3) is 0.286. The third kappa shape index (κ3) is 6.61. The van der Waals surface area contributed by atoms with E-state index in [2.05, 4.69) is 25.7 Å². The van der Waals surface area contributed by atoms with Crippen LogP contribution in [0.15, 0.2) is 48.8 Å². The number of aromatic nitrogens is 4. The third-order valence-electron chi connectivity index (χ3n) is 5.76. The molecule has 4 rings (SSSR count). The van der Waals surface area contributed by atoms with Crippen LogP contribution in [0.1, 0.15) is 74.4 Å². The summed E-state index contributed by atoms with van der Waals surface area (Å²) in [5, 5.41) is 9.58. The molecule has 39 heavy (non-hydrogen) atoms. The van der Waals surface area contributed by atoms with E-state index in [0.717, 1.165) is 11.1 Å². The number of nitrogens with zero attached hydrogens (tertiary/aromatic N) is 4. The Bertz CT molecular complexity index is 1570. The molecule has 0 radical (unpaired) electrons. The Hall–Kier alpha value is -4.67. The largest absolute Gasteiger partial charge is 0.456 e. The Morgan fingerprint density at radius 3 is 2.21 bits per heavy atom. The molecule has 0 aliphatic heterocycles. The summed E-state index contributed by atoms with van der Waals surface area (Å²) in [7, 11) is 0. The van der Waals surface area contributed by atoms with Gasteiger partial charge in [0.1, 0.15) is 29.1 Å². The molecule has 0 saturated heterocycles. The summed E-state index contributed by atoms with van der Waals surface area (Å²) in [4.78, 5) is 46.6. The van der Waals surface area contributed by atoms with Gasteiger partial charge in [0.05, 0.1) is 5.56 Å². The number of halogens is 1. The zero-order valence-electron chi connectivity index (χ0n) is 22.3. The molecule has 0 aliphatic rings. The third-order valence-corrected chi connectivity index (χ3v) is 5.76. The molecule has 0 aliphatic carbocycles. The fourth-order valence-electron chi connectivity index (χ4n) is 3.85. The number of nitrogens with one attached hydrogen (secondary N) is 2. The highest BCUT2D eigenvalue weighted by Gasteiger charge is 2.21. The molecule has 0 atom stereocenters. The molecule has 2 aromatic heterocycles. The standard InChI is InChI=1S/C28H29FN6O4/c1-16-10-18(6-8-20(16)26(38)39-28(3,4)5)14-31-25(37)23-12-22(34-27-32-15-33-35(23)27)24(36)30-13-19-7-9-21(29)17(2)11-19/h6-12,15H,13-14H2,1-5H3,(H,30,36)(H,31,37). The quantitative estimate of drug-likeness (QED) is 0.348. The molecule has 2 N–H and O–H groups in total. The number of fused-ring (bicyclic) bond motifs is 1. The topological polar surface area (TPSA) is 128 Å². The molecular formula is C28H29FN6O4. The lowest BCUT2D eigenvalue weighted by molar-refractivity contribution is 0.00684. The van der Waals surface area contributed by atoms with E-state index in [-0.39, 0.29) is 36.1 Å². The fourth-order valence-corrected chi connectivity index (χ4v) is 3.85. The first-order valence-electron chi connectivity index (χ1n) is 12.3. The van der Waals surface area contributed by atoms with Crippen molar-refractivity contribution in [2.45, 2.75) is 53.3 Å². The van der Waals surface area contributed by atoms with Crippen molar-refractivity contribution < 1.29 is 23.5 Å². The summed E-state index contributed by atoms with van der Waals surface area (Å²) in [6.45, 7) is 9.16. The van der Waals surface area contributed by atoms with Crippen LogP contribution in [0.25, 0.3) is 5.78 Å². The Balaban J connectivity index is 1.47. The van der Waals surface area contributed by atoms with Crippen molar-refractivity contribution >= 4 is 23.6 Å². The maximum Gasteiger partial charge on any atom is 0.338 e. The first-order valence-corrected chi connectivity index (χ1v) is 12.3. The Morgan fingerprint density at radius 1 is 0.923 bits per heavy atom. The van der Waals surface area contributed by atoms with Gasteiger partial charge in [0, 0.05) is 19.2 Å². The molecule has 202 valence electrons. The number of amides is 2. The van der Waals surface area contributed by atoms with Crippen molar-refractivity contribution in [3.63, 3.8) is 0 Å². The van der Waals surface area contributed by atoms with Gasteiger partial charge >= 0.3 is 5.97 Å². The van der Waals surface area contributed by atoms with Gasteiger partial charge in [-0.1, -0.05) is 24.3 Å². The van der Waals surface area contributed by atoms with Crippen molar-refractivity contribution in [3.05, 3.63) is 93.8 Å². The summed E-state index contributed by atoms with van der Waals surface area (Å²) in [5.74, 6) is -1.67. The molecule has 11 heteroatoms. The lowest BCUT2D eigenvalue weighted by atomic mass is 10.0. The van der Waals surface area contributed by atoms with Gasteiger partial charge in [-0.25, -0.2) is 14.2 Å². The summed E-state index contributed by atoms with van der Waals surface area (Å²) >= 11 is 0. The van der Waals surface area contributed by atoms with E-state index in [9.17, 15) is 18.8 Å². The van der Waals surface area contributed by atoms with Gasteiger partial charge in [-0.2, -0.15) is 14.6 Å². The highest BCUT2D eigenvalue weighted by Crippen LogP contribution is 2.17. The minimum absolute atomic E-state index is 0.0166. The number of ether oxygens (including phenoxy) is 1. The number of carbonyl (C=O) groups excluding carboxylic acids is 3. The number of rotatable bonds is 7. The van der Waals surface area contributed by atoms with Crippen LogP contribution >= 0.6 is 0 Å². The van der Waals surface area contributed by atoms with E-state index in [0.29, 0.717) is 16.7 Å². The van der Waals surface area contributed by atoms with Gasteiger partial charge in [0.2, 0.25) is 0 Å². The highest BCUT2D eigenvalue weighted by atomic mass is 19.1. The molecule has 2 amide bonds. The second kappa shape index (κ2) is 11.0. The number of benzene rings is 2. The normalized spacial score (nSPS) is 11.3. The van der Waals surface area contributed by atoms with Gasteiger partial charge in [0.15, 0.2) is 0 Å². The minimum Gasteiger partial charge on any atom is -0.456 e. The van der Waals surface area contributed by atoms with Crippen molar-refractivity contribution in [2.75, 3.05) is 0 Å². The number of hydrogen-bond acceptors (Lipinski definition) is 7. The van der Waals surface area contributed by atoms with Gasteiger partial charge in [0.25, 0.3) is 17.6 Å². The van der Waals surface area contributed by atoms with Gasteiger partial charge in [-0.05, 0) is 69.0 Å². The zero-order valence-corrected chi connectivity index (χ0v) is 22.3. The van der Waals surface area contributed by atoms with E-state index in [4.69, 9.17) is 4.74 Å². The Labute approximate surface area is 224 Å². The monoisotopic (exact) mass is 532 g/mol. The predicted octanol–water partition coefficient (Wildman–Crippen LogP) is 3.70. The second-order valence-electron chi connectivity index (χ2n) is 10.1. The van der Waals surface area contributed by atoms with Gasteiger partial charge in [-0.3, -0.25) is 9.59 Å². The number of carbonyl (C=O) groups is 3. The molecule has 4 aromatic rings. The van der Waals surface area contributed by atoms with Gasteiger partial charge < -0.3 is 15.4 Å². The maximum atomic E-state index is 13.5. The lowest BCUT2D eigenvalue weighted by Crippen LogP contribution is -2.28. The van der Waals surface area contributed by atoms with Crippen LogP contribution in [0.4, 0.5) is 4.39 Å². The molecule has 0 fully saturated rings. The van der Waals surface area contributed by atoms with Gasteiger partial charge in [-0.15, -0.1) is 0 Å². The molecule has 2 heterocycles. The first kappa shape index (κ1) is 27.4. The van der Waals surface area contributed by atoms with Crippen LogP contribution in [-0.2, 0) is 17.8 Å². The SMILES string of the molecule is Cc1cc(CNC(=O)c2cc(C(=O)NCc3ccc(C(=O)OC(C)(C)C)c(C)c3)n3ncnc3n2)ccc1F. The number of hydrogen-bond donors (Lipinski definition) is 2. The minimum atomic E-state index is -0.608. The van der Waals surface area contributed by atoms with Crippen molar-refractivity contribution in [3.8, 4) is 0 Å². The summed E-state index contributed by atoms with van der Waals surface area (Å²) in [6, 6.07) is 11.1. The number of aryl methyl sites for hydroxylation is 2. The van der Waals surface area contributed by atoms with E-state index < -0.39 is 23.4 Å². The predicted molar refractivity (Wildman–Crippen MR) is 141 cm³/mol. The maximum absolute atomic E-state index is 13.5. The Morgan fingerprint density at radius 2 is 1.56 bits per heavy atom. The molecular weight excluding hydrogens is 503 g/mol. The van der Waals surface area contributed by atoms with Crippen LogP contribution in [0.3, 0.4) is 0 Å². The summed E-state index contributed by atoms with van der Waals surface area (Å²) < 4.78 is 20.2. The summed E-state index contributed by atoms with van der Waals surface area (Å²) in [6.07, 6.45) is 1.24. The Kier molecular flexibility index (Phi) is 7.70. The average molecular weight is 533 g/mol. The van der Waals surface area contributed by atoms with Crippen molar-refractivity contribution in [1.29, 1.82) is 0 Å². The van der Waals surface area contributed by atoms with E-state index in [1.165, 1.54) is 23.0 Å².